The van der Waals surface area contributed by atoms with E-state index in [1.807, 2.05) is 6.92 Å². The quantitative estimate of drug-likeness (QED) is 0.794. The molecule has 0 aliphatic rings. The molecule has 4 nitrogen and oxygen atoms in total. The summed E-state index contributed by atoms with van der Waals surface area (Å²) in [7, 11) is -1.67. The third-order valence-corrected chi connectivity index (χ3v) is 4.27. The Bertz CT molecular complexity index is 542. The van der Waals surface area contributed by atoms with Crippen molar-refractivity contribution in [2.45, 2.75) is 17.9 Å². The Hall–Kier alpha value is -1.07. The summed E-state index contributed by atoms with van der Waals surface area (Å²) in [6, 6.07) is 5.89. The van der Waals surface area contributed by atoms with E-state index in [9.17, 15) is 13.2 Å². The molecule has 1 aromatic rings. The van der Waals surface area contributed by atoms with Crippen LogP contribution in [0, 0.1) is 0 Å². The Morgan fingerprint density at radius 2 is 2.06 bits per heavy atom. The van der Waals surface area contributed by atoms with E-state index in [2.05, 4.69) is 0 Å². The molecule has 6 heteroatoms. The Morgan fingerprint density at radius 1 is 1.44 bits per heavy atom. The normalized spacial score (nSPS) is 13.1. The second-order valence-electron chi connectivity index (χ2n) is 4.22. The fourth-order valence-corrected chi connectivity index (χ4v) is 2.24. The van der Waals surface area contributed by atoms with Crippen molar-refractivity contribution < 1.29 is 13.2 Å². The van der Waals surface area contributed by atoms with Crippen LogP contribution in [0.25, 0.3) is 0 Å². The van der Waals surface area contributed by atoms with Gasteiger partial charge in [0.1, 0.15) is 0 Å². The fourth-order valence-electron chi connectivity index (χ4n) is 1.37. The molecule has 0 N–H and O–H groups in total. The summed E-state index contributed by atoms with van der Waals surface area (Å²) in [4.78, 5) is 13.7. The van der Waals surface area contributed by atoms with E-state index < -0.39 is 9.84 Å². The summed E-state index contributed by atoms with van der Waals surface area (Å²) in [6.45, 7) is 1.82. The largest absolute Gasteiger partial charge is 0.338 e. The van der Waals surface area contributed by atoms with Gasteiger partial charge in [-0.25, -0.2) is 8.42 Å². The van der Waals surface area contributed by atoms with Crippen molar-refractivity contribution >= 4 is 27.3 Å². The highest BCUT2D eigenvalue weighted by Crippen LogP contribution is 2.14. The van der Waals surface area contributed by atoms with Gasteiger partial charge >= 0.3 is 0 Å². The minimum atomic E-state index is -3.31. The molecule has 0 aliphatic carbocycles. The summed E-state index contributed by atoms with van der Waals surface area (Å²) in [5, 5.41) is 0. The molecule has 100 valence electrons. The molecule has 0 spiro atoms. The van der Waals surface area contributed by atoms with E-state index >= 15 is 0 Å². The maximum absolute atomic E-state index is 12.1. The van der Waals surface area contributed by atoms with E-state index in [0.29, 0.717) is 11.4 Å². The molecule has 0 aromatic heterocycles. The van der Waals surface area contributed by atoms with Gasteiger partial charge in [0.15, 0.2) is 9.84 Å². The Balaban J connectivity index is 3.08. The van der Waals surface area contributed by atoms with Gasteiger partial charge in [-0.05, 0) is 25.1 Å². The van der Waals surface area contributed by atoms with Crippen molar-refractivity contribution in [3.8, 4) is 0 Å². The van der Waals surface area contributed by atoms with Crippen LogP contribution in [0.5, 0.6) is 0 Å². The van der Waals surface area contributed by atoms with E-state index in [4.69, 9.17) is 11.6 Å². The van der Waals surface area contributed by atoms with Gasteiger partial charge in [0.25, 0.3) is 5.91 Å². The van der Waals surface area contributed by atoms with Crippen LogP contribution >= 0.6 is 11.6 Å². The highest BCUT2D eigenvalue weighted by molar-refractivity contribution is 7.90. The molecular formula is C12H16ClNO3S. The molecule has 0 radical (unpaired) electrons. The monoisotopic (exact) mass is 289 g/mol. The molecule has 18 heavy (non-hydrogen) atoms. The van der Waals surface area contributed by atoms with Crippen LogP contribution in [0.3, 0.4) is 0 Å². The first kappa shape index (κ1) is 15.0. The van der Waals surface area contributed by atoms with E-state index in [0.717, 1.165) is 6.26 Å². The molecule has 1 rings (SSSR count). The number of nitrogens with zero attached hydrogens (tertiary/aromatic N) is 1. The van der Waals surface area contributed by atoms with Gasteiger partial charge in [-0.15, -0.1) is 11.6 Å². The summed E-state index contributed by atoms with van der Waals surface area (Å²) in [5.41, 5.74) is 0.345. The molecule has 0 heterocycles. The van der Waals surface area contributed by atoms with Gasteiger partial charge in [0.2, 0.25) is 0 Å². The van der Waals surface area contributed by atoms with Crippen molar-refractivity contribution in [3.05, 3.63) is 29.8 Å². The number of hydrogen-bond acceptors (Lipinski definition) is 3. The predicted molar refractivity (Wildman–Crippen MR) is 71.8 cm³/mol. The first-order valence-electron chi connectivity index (χ1n) is 5.40. The van der Waals surface area contributed by atoms with Crippen LogP contribution in [0.2, 0.25) is 0 Å². The summed E-state index contributed by atoms with van der Waals surface area (Å²) in [6.07, 6.45) is 1.11. The molecule has 0 fully saturated rings. The molecule has 0 saturated carbocycles. The fraction of sp³-hybridized carbons (Fsp3) is 0.417. The summed E-state index contributed by atoms with van der Waals surface area (Å²) < 4.78 is 22.8. The van der Waals surface area contributed by atoms with Crippen LogP contribution < -0.4 is 0 Å². The smallest absolute Gasteiger partial charge is 0.253 e. The number of sulfone groups is 1. The minimum absolute atomic E-state index is 0.110. The number of amides is 1. The molecule has 1 aromatic carbocycles. The predicted octanol–water partition coefficient (Wildman–Crippen LogP) is 1.79. The lowest BCUT2D eigenvalue weighted by Gasteiger charge is -2.23. The number of alkyl halides is 1. The van der Waals surface area contributed by atoms with Crippen LogP contribution in [0.1, 0.15) is 17.3 Å². The number of carbonyl (C=O) groups is 1. The molecule has 0 bridgehead atoms. The van der Waals surface area contributed by atoms with E-state index in [1.165, 1.54) is 17.0 Å². The first-order chi connectivity index (χ1) is 8.27. The van der Waals surface area contributed by atoms with Gasteiger partial charge in [-0.2, -0.15) is 0 Å². The highest BCUT2D eigenvalue weighted by atomic mass is 35.5. The van der Waals surface area contributed by atoms with Crippen LogP contribution in [0.4, 0.5) is 0 Å². The van der Waals surface area contributed by atoms with Gasteiger partial charge < -0.3 is 4.90 Å². The van der Waals surface area contributed by atoms with Crippen molar-refractivity contribution in [3.63, 3.8) is 0 Å². The van der Waals surface area contributed by atoms with Gasteiger partial charge in [0.05, 0.1) is 4.90 Å². The van der Waals surface area contributed by atoms with Gasteiger partial charge in [-0.3, -0.25) is 4.79 Å². The second-order valence-corrected chi connectivity index (χ2v) is 6.54. The maximum Gasteiger partial charge on any atom is 0.253 e. The average Bonchev–Trinajstić information content (AvgIpc) is 2.35. The SMILES string of the molecule is CC(CCl)N(C)C(=O)c1cccc(S(C)(=O)=O)c1. The maximum atomic E-state index is 12.1. The molecule has 0 aliphatic heterocycles. The molecular weight excluding hydrogens is 274 g/mol. The third-order valence-electron chi connectivity index (χ3n) is 2.71. The van der Waals surface area contributed by atoms with Crippen molar-refractivity contribution in [2.24, 2.45) is 0 Å². The lowest BCUT2D eigenvalue weighted by atomic mass is 10.2. The second kappa shape index (κ2) is 5.71. The Morgan fingerprint density at radius 3 is 2.56 bits per heavy atom. The van der Waals surface area contributed by atoms with E-state index in [1.54, 1.807) is 19.2 Å². The topological polar surface area (TPSA) is 54.5 Å². The number of halogens is 1. The standard InChI is InChI=1S/C12H16ClNO3S/c1-9(8-13)14(2)12(15)10-5-4-6-11(7-10)18(3,16)17/h4-7,9H,8H2,1-3H3. The number of hydrogen-bond donors (Lipinski definition) is 0. The van der Waals surface area contributed by atoms with Crippen molar-refractivity contribution in [1.29, 1.82) is 0 Å². The first-order valence-corrected chi connectivity index (χ1v) is 7.83. The zero-order valence-electron chi connectivity index (χ0n) is 10.6. The number of benzene rings is 1. The summed E-state index contributed by atoms with van der Waals surface area (Å²) in [5.74, 6) is 0.0854. The lowest BCUT2D eigenvalue weighted by molar-refractivity contribution is 0.0756. The summed E-state index contributed by atoms with van der Waals surface area (Å²) >= 11 is 5.69. The minimum Gasteiger partial charge on any atom is -0.338 e. The lowest BCUT2D eigenvalue weighted by Crippen LogP contribution is -2.36. The van der Waals surface area contributed by atoms with Crippen molar-refractivity contribution in [1.82, 2.24) is 4.90 Å². The Kier molecular flexibility index (Phi) is 4.76. The number of rotatable bonds is 4. The third kappa shape index (κ3) is 3.46. The zero-order valence-corrected chi connectivity index (χ0v) is 12.1. The molecule has 1 atom stereocenters. The molecule has 1 amide bonds. The number of carbonyl (C=O) groups excluding carboxylic acids is 1. The highest BCUT2D eigenvalue weighted by Gasteiger charge is 2.18. The van der Waals surface area contributed by atoms with Gasteiger partial charge in [-0.1, -0.05) is 6.07 Å². The van der Waals surface area contributed by atoms with Crippen LogP contribution in [-0.2, 0) is 9.84 Å². The van der Waals surface area contributed by atoms with E-state index in [-0.39, 0.29) is 16.8 Å². The molecule has 1 unspecified atom stereocenters. The van der Waals surface area contributed by atoms with Crippen molar-refractivity contribution in [2.75, 3.05) is 19.2 Å². The Labute approximate surface area is 112 Å². The van der Waals surface area contributed by atoms with Crippen LogP contribution in [-0.4, -0.2) is 44.5 Å². The average molecular weight is 290 g/mol. The van der Waals surface area contributed by atoms with Crippen LogP contribution in [0.15, 0.2) is 29.2 Å². The zero-order chi connectivity index (χ0) is 13.9. The van der Waals surface area contributed by atoms with Gasteiger partial charge in [0, 0.05) is 30.8 Å². The molecule has 0 saturated heterocycles.